The van der Waals surface area contributed by atoms with Crippen molar-refractivity contribution in [2.45, 2.75) is 72.4 Å². The molecule has 0 aromatic rings. The van der Waals surface area contributed by atoms with E-state index in [2.05, 4.69) is 55.1 Å². The monoisotopic (exact) mass is 296 g/mol. The summed E-state index contributed by atoms with van der Waals surface area (Å²) in [6.45, 7) is 15.2. The molecule has 0 atom stereocenters. The fourth-order valence-corrected chi connectivity index (χ4v) is 2.70. The molecule has 124 valence electrons. The van der Waals surface area contributed by atoms with Gasteiger partial charge in [0, 0.05) is 38.3 Å². The Labute approximate surface area is 131 Å². The summed E-state index contributed by atoms with van der Waals surface area (Å²) in [6, 6.07) is 1.22. The Kier molecular flexibility index (Phi) is 8.74. The lowest BCUT2D eigenvalue weighted by molar-refractivity contribution is 0.174. The first kappa shape index (κ1) is 18.3. The third-order valence-corrected chi connectivity index (χ3v) is 4.06. The van der Waals surface area contributed by atoms with Crippen LogP contribution in [-0.2, 0) is 0 Å². The molecule has 1 rings (SSSR count). The lowest BCUT2D eigenvalue weighted by Crippen LogP contribution is -2.39. The van der Waals surface area contributed by atoms with Crippen LogP contribution in [-0.4, -0.2) is 49.1 Å². The number of nitrogens with one attached hydrogen (secondary N) is 2. The van der Waals surface area contributed by atoms with Gasteiger partial charge in [0.25, 0.3) is 0 Å². The molecule has 0 heterocycles. The molecule has 0 unspecified atom stereocenters. The van der Waals surface area contributed by atoms with Crippen LogP contribution >= 0.6 is 0 Å². The molecule has 21 heavy (non-hydrogen) atoms. The first-order valence-electron chi connectivity index (χ1n) is 8.82. The Bertz CT molecular complexity index is 287. The van der Waals surface area contributed by atoms with E-state index in [1.54, 1.807) is 0 Å². The van der Waals surface area contributed by atoms with E-state index < -0.39 is 0 Å². The van der Waals surface area contributed by atoms with Gasteiger partial charge in [-0.15, -0.1) is 0 Å². The van der Waals surface area contributed by atoms with Gasteiger partial charge in [-0.25, -0.2) is 0 Å². The van der Waals surface area contributed by atoms with Crippen molar-refractivity contribution in [3.05, 3.63) is 0 Å². The van der Waals surface area contributed by atoms with Crippen molar-refractivity contribution in [1.82, 2.24) is 15.5 Å². The van der Waals surface area contributed by atoms with E-state index in [9.17, 15) is 0 Å². The van der Waals surface area contributed by atoms with E-state index in [1.165, 1.54) is 19.3 Å². The van der Waals surface area contributed by atoms with E-state index in [0.29, 0.717) is 12.1 Å². The predicted molar refractivity (Wildman–Crippen MR) is 92.9 cm³/mol. The minimum atomic E-state index is 0.610. The molecule has 1 aliphatic carbocycles. The van der Waals surface area contributed by atoms with Gasteiger partial charge in [-0.1, -0.05) is 12.8 Å². The van der Waals surface area contributed by atoms with Crippen molar-refractivity contribution in [3.63, 3.8) is 0 Å². The van der Waals surface area contributed by atoms with Crippen molar-refractivity contribution in [2.24, 2.45) is 10.9 Å². The topological polar surface area (TPSA) is 39.7 Å². The molecular formula is C17H36N4. The zero-order valence-electron chi connectivity index (χ0n) is 14.8. The van der Waals surface area contributed by atoms with Crippen LogP contribution in [0.2, 0.25) is 0 Å². The Morgan fingerprint density at radius 1 is 1.14 bits per heavy atom. The molecule has 0 aromatic heterocycles. The summed E-state index contributed by atoms with van der Waals surface area (Å²) in [5.74, 6) is 1.96. The molecule has 2 N–H and O–H groups in total. The van der Waals surface area contributed by atoms with Crippen LogP contribution in [0.1, 0.15) is 60.3 Å². The third kappa shape index (κ3) is 8.30. The standard InChI is InChI=1S/C17H36N4/c1-6-18-17(20-12-10-16-8-9-16)19-11-7-13-21(14(2)3)15(4)5/h14-16H,6-13H2,1-5H3,(H2,18,19,20). The van der Waals surface area contributed by atoms with Gasteiger partial charge in [0.05, 0.1) is 0 Å². The Morgan fingerprint density at radius 3 is 2.33 bits per heavy atom. The van der Waals surface area contributed by atoms with E-state index in [-0.39, 0.29) is 0 Å². The molecule has 0 aromatic carbocycles. The molecular weight excluding hydrogens is 260 g/mol. The summed E-state index contributed by atoms with van der Waals surface area (Å²) < 4.78 is 0. The van der Waals surface area contributed by atoms with Crippen LogP contribution in [0.15, 0.2) is 4.99 Å². The first-order valence-corrected chi connectivity index (χ1v) is 8.82. The molecule has 0 amide bonds. The Hall–Kier alpha value is -0.770. The Balaban J connectivity index is 2.24. The number of hydrogen-bond acceptors (Lipinski definition) is 2. The number of nitrogens with zero attached hydrogens (tertiary/aromatic N) is 2. The average molecular weight is 297 g/mol. The molecule has 0 spiro atoms. The highest BCUT2D eigenvalue weighted by atomic mass is 15.2. The van der Waals surface area contributed by atoms with Crippen molar-refractivity contribution >= 4 is 5.96 Å². The maximum atomic E-state index is 4.69. The van der Waals surface area contributed by atoms with Crippen molar-refractivity contribution in [2.75, 3.05) is 26.2 Å². The summed E-state index contributed by atoms with van der Waals surface area (Å²) in [5.41, 5.74) is 0. The zero-order chi connectivity index (χ0) is 15.7. The molecule has 1 fully saturated rings. The van der Waals surface area contributed by atoms with Crippen molar-refractivity contribution in [3.8, 4) is 0 Å². The van der Waals surface area contributed by atoms with Gasteiger partial charge in [-0.05, 0) is 53.4 Å². The lowest BCUT2D eigenvalue weighted by Gasteiger charge is -2.30. The fraction of sp³-hybridized carbons (Fsp3) is 0.941. The molecule has 0 radical (unpaired) electrons. The molecule has 1 aliphatic rings. The van der Waals surface area contributed by atoms with Gasteiger partial charge in [0.1, 0.15) is 0 Å². The minimum Gasteiger partial charge on any atom is -0.357 e. The summed E-state index contributed by atoms with van der Waals surface area (Å²) in [6.07, 6.45) is 5.26. The fourth-order valence-electron chi connectivity index (χ4n) is 2.70. The molecule has 1 saturated carbocycles. The number of guanidine groups is 1. The maximum absolute atomic E-state index is 4.69. The van der Waals surface area contributed by atoms with E-state index >= 15 is 0 Å². The number of rotatable bonds is 10. The van der Waals surface area contributed by atoms with Gasteiger partial charge in [-0.2, -0.15) is 0 Å². The summed E-state index contributed by atoms with van der Waals surface area (Å²) in [5, 5.41) is 6.79. The molecule has 4 nitrogen and oxygen atoms in total. The highest BCUT2D eigenvalue weighted by Crippen LogP contribution is 2.31. The largest absolute Gasteiger partial charge is 0.357 e. The van der Waals surface area contributed by atoms with E-state index in [0.717, 1.165) is 44.5 Å². The summed E-state index contributed by atoms with van der Waals surface area (Å²) >= 11 is 0. The van der Waals surface area contributed by atoms with Gasteiger partial charge in [0.2, 0.25) is 0 Å². The summed E-state index contributed by atoms with van der Waals surface area (Å²) in [4.78, 5) is 7.22. The van der Waals surface area contributed by atoms with Crippen LogP contribution in [0.3, 0.4) is 0 Å². The third-order valence-electron chi connectivity index (χ3n) is 4.06. The highest BCUT2D eigenvalue weighted by Gasteiger charge is 2.20. The van der Waals surface area contributed by atoms with Crippen LogP contribution in [0.4, 0.5) is 0 Å². The van der Waals surface area contributed by atoms with Crippen LogP contribution < -0.4 is 10.6 Å². The van der Waals surface area contributed by atoms with Gasteiger partial charge < -0.3 is 10.6 Å². The summed E-state index contributed by atoms with van der Waals surface area (Å²) in [7, 11) is 0. The van der Waals surface area contributed by atoms with Crippen LogP contribution in [0, 0.1) is 5.92 Å². The number of aliphatic imine (C=N–C) groups is 1. The zero-order valence-corrected chi connectivity index (χ0v) is 14.8. The smallest absolute Gasteiger partial charge is 0.191 e. The van der Waals surface area contributed by atoms with Gasteiger partial charge in [0.15, 0.2) is 5.96 Å². The maximum Gasteiger partial charge on any atom is 0.191 e. The normalized spacial score (nSPS) is 16.1. The second-order valence-corrected chi connectivity index (χ2v) is 6.70. The number of hydrogen-bond donors (Lipinski definition) is 2. The van der Waals surface area contributed by atoms with Crippen molar-refractivity contribution in [1.29, 1.82) is 0 Å². The van der Waals surface area contributed by atoms with Crippen molar-refractivity contribution < 1.29 is 0 Å². The second-order valence-electron chi connectivity index (χ2n) is 6.70. The second kappa shape index (κ2) is 10.0. The van der Waals surface area contributed by atoms with Gasteiger partial charge >= 0.3 is 0 Å². The van der Waals surface area contributed by atoms with Crippen LogP contribution in [0.5, 0.6) is 0 Å². The SMILES string of the molecule is CCNC(=NCCCN(C(C)C)C(C)C)NCCC1CC1. The quantitative estimate of drug-likeness (QED) is 0.370. The predicted octanol–water partition coefficient (Wildman–Crippen LogP) is 2.85. The Morgan fingerprint density at radius 2 is 1.81 bits per heavy atom. The molecule has 0 saturated heterocycles. The van der Waals surface area contributed by atoms with E-state index in [4.69, 9.17) is 0 Å². The minimum absolute atomic E-state index is 0.610. The molecule has 0 aliphatic heterocycles. The lowest BCUT2D eigenvalue weighted by atomic mass is 10.2. The average Bonchev–Trinajstić information content (AvgIpc) is 3.21. The van der Waals surface area contributed by atoms with E-state index in [1.807, 2.05) is 0 Å². The highest BCUT2D eigenvalue weighted by molar-refractivity contribution is 5.79. The molecule has 0 bridgehead atoms. The van der Waals surface area contributed by atoms with Gasteiger partial charge in [-0.3, -0.25) is 9.89 Å². The molecule has 4 heteroatoms. The first-order chi connectivity index (χ1) is 10.0. The van der Waals surface area contributed by atoms with Crippen LogP contribution in [0.25, 0.3) is 0 Å².